The van der Waals surface area contributed by atoms with E-state index in [1.807, 2.05) is 0 Å². The summed E-state index contributed by atoms with van der Waals surface area (Å²) in [6.45, 7) is 0.0795. The summed E-state index contributed by atoms with van der Waals surface area (Å²) in [6.07, 6.45) is 1.92. The zero-order chi connectivity index (χ0) is 15.8. The molecule has 0 spiro atoms. The maximum atomic E-state index is 13.0. The second kappa shape index (κ2) is 8.39. The van der Waals surface area contributed by atoms with Crippen molar-refractivity contribution in [3.05, 3.63) is 40.7 Å². The maximum Gasteiger partial charge on any atom is 0.306 e. The molecule has 1 unspecified atom stereocenters. The van der Waals surface area contributed by atoms with Gasteiger partial charge in [-0.05, 0) is 23.8 Å². The highest BCUT2D eigenvalue weighted by atomic mass is 35.5. The number of ether oxygens (including phenoxy) is 1. The third kappa shape index (κ3) is 6.37. The molecule has 0 aromatic heterocycles. The highest BCUT2D eigenvalue weighted by Gasteiger charge is 2.12. The summed E-state index contributed by atoms with van der Waals surface area (Å²) in [4.78, 5) is 22.1. The van der Waals surface area contributed by atoms with E-state index in [2.05, 4.69) is 5.32 Å². The van der Waals surface area contributed by atoms with E-state index in [1.54, 1.807) is 0 Å². The molecule has 114 valence electrons. The van der Waals surface area contributed by atoms with E-state index in [9.17, 15) is 14.0 Å². The number of nitrogens with one attached hydrogen (secondary N) is 1. The van der Waals surface area contributed by atoms with Crippen LogP contribution in [0, 0.1) is 5.82 Å². The molecule has 7 heteroatoms. The summed E-state index contributed by atoms with van der Waals surface area (Å²) in [5.74, 6) is -1.95. The van der Waals surface area contributed by atoms with Gasteiger partial charge in [-0.25, -0.2) is 4.39 Å². The van der Waals surface area contributed by atoms with Crippen LogP contribution in [0.1, 0.15) is 12.0 Å². The fourth-order valence-corrected chi connectivity index (χ4v) is 1.68. The Morgan fingerprint density at radius 3 is 2.81 bits per heavy atom. The van der Waals surface area contributed by atoms with Gasteiger partial charge >= 0.3 is 5.97 Å². The molecular formula is C14H15ClFNO4. The summed E-state index contributed by atoms with van der Waals surface area (Å²) in [6, 6.07) is 4.07. The van der Waals surface area contributed by atoms with Gasteiger partial charge in [-0.15, -0.1) is 0 Å². The monoisotopic (exact) mass is 315 g/mol. The Balaban J connectivity index is 2.50. The Labute approximate surface area is 126 Å². The van der Waals surface area contributed by atoms with Gasteiger partial charge in [-0.3, -0.25) is 9.59 Å². The number of benzene rings is 1. The molecule has 5 nitrogen and oxygen atoms in total. The van der Waals surface area contributed by atoms with Crippen LogP contribution in [0.4, 0.5) is 4.39 Å². The molecule has 1 amide bonds. The SMILES string of the molecule is COC(CNC(=O)/C=C/c1ccc(F)c(Cl)c1)CC(=O)O. The van der Waals surface area contributed by atoms with Crippen LogP contribution in [-0.2, 0) is 14.3 Å². The van der Waals surface area contributed by atoms with Crippen molar-refractivity contribution in [1.82, 2.24) is 5.32 Å². The summed E-state index contributed by atoms with van der Waals surface area (Å²) >= 11 is 5.62. The number of hydrogen-bond acceptors (Lipinski definition) is 3. The van der Waals surface area contributed by atoms with Crippen LogP contribution >= 0.6 is 11.6 Å². The standard InChI is InChI=1S/C14H15ClFNO4/c1-21-10(7-14(19)20)8-17-13(18)5-3-9-2-4-12(16)11(15)6-9/h2-6,10H,7-8H2,1H3,(H,17,18)(H,19,20)/b5-3+. The highest BCUT2D eigenvalue weighted by Crippen LogP contribution is 2.16. The fourth-order valence-electron chi connectivity index (χ4n) is 1.49. The molecule has 1 aromatic carbocycles. The molecule has 0 aliphatic heterocycles. The number of carboxylic acids is 1. The number of carbonyl (C=O) groups excluding carboxylic acids is 1. The number of halogens is 2. The van der Waals surface area contributed by atoms with E-state index in [-0.39, 0.29) is 18.0 Å². The van der Waals surface area contributed by atoms with Crippen LogP contribution in [-0.4, -0.2) is 36.7 Å². The van der Waals surface area contributed by atoms with Gasteiger partial charge in [0.05, 0.1) is 17.5 Å². The van der Waals surface area contributed by atoms with E-state index < -0.39 is 23.8 Å². The first-order chi connectivity index (χ1) is 9.92. The Morgan fingerprint density at radius 1 is 1.52 bits per heavy atom. The Bertz CT molecular complexity index is 548. The second-order valence-electron chi connectivity index (χ2n) is 4.21. The molecule has 0 saturated carbocycles. The van der Waals surface area contributed by atoms with E-state index in [0.717, 1.165) is 0 Å². The van der Waals surface area contributed by atoms with E-state index in [1.165, 1.54) is 37.5 Å². The molecule has 0 heterocycles. The first-order valence-corrected chi connectivity index (χ1v) is 6.45. The quantitative estimate of drug-likeness (QED) is 0.756. The summed E-state index contributed by atoms with van der Waals surface area (Å²) < 4.78 is 17.9. The number of carboxylic acid groups (broad SMARTS) is 1. The minimum atomic E-state index is -1.01. The van der Waals surface area contributed by atoms with Crippen molar-refractivity contribution in [3.63, 3.8) is 0 Å². The molecule has 0 aliphatic carbocycles. The van der Waals surface area contributed by atoms with Crippen molar-refractivity contribution in [3.8, 4) is 0 Å². The van der Waals surface area contributed by atoms with Gasteiger partial charge in [0, 0.05) is 19.7 Å². The minimum Gasteiger partial charge on any atom is -0.481 e. The molecule has 0 saturated heterocycles. The van der Waals surface area contributed by atoms with Crippen LogP contribution in [0.3, 0.4) is 0 Å². The molecule has 0 radical (unpaired) electrons. The van der Waals surface area contributed by atoms with Crippen LogP contribution in [0.2, 0.25) is 5.02 Å². The third-order valence-corrected chi connectivity index (χ3v) is 2.90. The molecule has 1 atom stereocenters. The van der Waals surface area contributed by atoms with Gasteiger partial charge < -0.3 is 15.2 Å². The molecular weight excluding hydrogens is 301 g/mol. The Hall–Kier alpha value is -1.92. The number of carbonyl (C=O) groups is 2. The third-order valence-electron chi connectivity index (χ3n) is 2.61. The lowest BCUT2D eigenvalue weighted by molar-refractivity contribution is -0.140. The molecule has 2 N–H and O–H groups in total. The van der Waals surface area contributed by atoms with Crippen LogP contribution in [0.25, 0.3) is 6.08 Å². The summed E-state index contributed by atoms with van der Waals surface area (Å²) in [5, 5.41) is 11.1. The predicted octanol–water partition coefficient (Wildman–Crippen LogP) is 2.10. The molecule has 1 rings (SSSR count). The van der Waals surface area contributed by atoms with Crippen molar-refractivity contribution < 1.29 is 23.8 Å². The maximum absolute atomic E-state index is 13.0. The van der Waals surface area contributed by atoms with Crippen molar-refractivity contribution in [2.75, 3.05) is 13.7 Å². The summed E-state index contributed by atoms with van der Waals surface area (Å²) in [7, 11) is 1.37. The van der Waals surface area contributed by atoms with E-state index >= 15 is 0 Å². The van der Waals surface area contributed by atoms with Gasteiger partial charge in [0.1, 0.15) is 5.82 Å². The fraction of sp³-hybridized carbons (Fsp3) is 0.286. The lowest BCUT2D eigenvalue weighted by Crippen LogP contribution is -2.33. The Morgan fingerprint density at radius 2 is 2.24 bits per heavy atom. The van der Waals surface area contributed by atoms with Crippen LogP contribution in [0.5, 0.6) is 0 Å². The zero-order valence-electron chi connectivity index (χ0n) is 11.3. The highest BCUT2D eigenvalue weighted by molar-refractivity contribution is 6.30. The topological polar surface area (TPSA) is 75.6 Å². The summed E-state index contributed by atoms with van der Waals surface area (Å²) in [5.41, 5.74) is 0.574. The number of rotatable bonds is 7. The Kier molecular flexibility index (Phi) is 6.84. The van der Waals surface area contributed by atoms with Crippen LogP contribution < -0.4 is 5.32 Å². The smallest absolute Gasteiger partial charge is 0.306 e. The lowest BCUT2D eigenvalue weighted by atomic mass is 10.2. The first-order valence-electron chi connectivity index (χ1n) is 6.08. The average molecular weight is 316 g/mol. The number of methoxy groups -OCH3 is 1. The van der Waals surface area contributed by atoms with Gasteiger partial charge in [-0.1, -0.05) is 17.7 Å². The van der Waals surface area contributed by atoms with Crippen molar-refractivity contribution >= 4 is 29.6 Å². The van der Waals surface area contributed by atoms with Crippen LogP contribution in [0.15, 0.2) is 24.3 Å². The van der Waals surface area contributed by atoms with Gasteiger partial charge in [0.25, 0.3) is 0 Å². The van der Waals surface area contributed by atoms with Crippen molar-refractivity contribution in [2.45, 2.75) is 12.5 Å². The number of aliphatic carboxylic acids is 1. The number of amides is 1. The van der Waals surface area contributed by atoms with E-state index in [0.29, 0.717) is 5.56 Å². The zero-order valence-corrected chi connectivity index (χ0v) is 12.1. The van der Waals surface area contributed by atoms with Gasteiger partial charge in [-0.2, -0.15) is 0 Å². The van der Waals surface area contributed by atoms with Gasteiger partial charge in [0.2, 0.25) is 5.91 Å². The molecule has 0 bridgehead atoms. The predicted molar refractivity (Wildman–Crippen MR) is 76.5 cm³/mol. The van der Waals surface area contributed by atoms with Crippen molar-refractivity contribution in [2.24, 2.45) is 0 Å². The number of hydrogen-bond donors (Lipinski definition) is 2. The molecule has 0 aliphatic rings. The van der Waals surface area contributed by atoms with Gasteiger partial charge in [0.15, 0.2) is 0 Å². The normalized spacial score (nSPS) is 12.3. The lowest BCUT2D eigenvalue weighted by Gasteiger charge is -2.12. The average Bonchev–Trinajstić information content (AvgIpc) is 2.44. The molecule has 21 heavy (non-hydrogen) atoms. The second-order valence-corrected chi connectivity index (χ2v) is 4.61. The van der Waals surface area contributed by atoms with E-state index in [4.69, 9.17) is 21.4 Å². The minimum absolute atomic E-state index is 0.0292. The van der Waals surface area contributed by atoms with Crippen molar-refractivity contribution in [1.29, 1.82) is 0 Å². The molecule has 1 aromatic rings. The largest absolute Gasteiger partial charge is 0.481 e. The first kappa shape index (κ1) is 17.1. The molecule has 0 fully saturated rings.